The SMILES string of the molecule is COC(=O)[C@H]1C[C@H](NC(=O)c2ccc3[nH]c(C)c(C)c3c2)CN1. The molecule has 23 heavy (non-hydrogen) atoms. The van der Waals surface area contributed by atoms with E-state index in [1.54, 1.807) is 0 Å². The number of nitrogens with one attached hydrogen (secondary N) is 3. The van der Waals surface area contributed by atoms with E-state index in [1.807, 2.05) is 32.0 Å². The predicted molar refractivity (Wildman–Crippen MR) is 87.5 cm³/mol. The second-order valence-corrected chi connectivity index (χ2v) is 6.03. The van der Waals surface area contributed by atoms with Gasteiger partial charge in [-0.1, -0.05) is 0 Å². The topological polar surface area (TPSA) is 83.2 Å². The zero-order valence-corrected chi connectivity index (χ0v) is 13.5. The lowest BCUT2D eigenvalue weighted by atomic mass is 10.1. The summed E-state index contributed by atoms with van der Waals surface area (Å²) in [7, 11) is 1.37. The molecule has 1 aromatic heterocycles. The summed E-state index contributed by atoms with van der Waals surface area (Å²) in [5.41, 5.74) is 3.92. The summed E-state index contributed by atoms with van der Waals surface area (Å²) in [5.74, 6) is -0.413. The summed E-state index contributed by atoms with van der Waals surface area (Å²) in [5, 5.41) is 7.10. The van der Waals surface area contributed by atoms with Gasteiger partial charge >= 0.3 is 5.97 Å². The Morgan fingerprint density at radius 3 is 2.83 bits per heavy atom. The first kappa shape index (κ1) is 15.6. The number of esters is 1. The molecule has 0 spiro atoms. The van der Waals surface area contributed by atoms with E-state index in [4.69, 9.17) is 4.74 Å². The van der Waals surface area contributed by atoms with Gasteiger partial charge in [-0.25, -0.2) is 0 Å². The van der Waals surface area contributed by atoms with Gasteiger partial charge in [0, 0.05) is 34.7 Å². The minimum absolute atomic E-state index is 0.0728. The highest BCUT2D eigenvalue weighted by Gasteiger charge is 2.31. The van der Waals surface area contributed by atoms with Crippen molar-refractivity contribution in [3.63, 3.8) is 0 Å². The second kappa shape index (κ2) is 6.04. The number of carbonyl (C=O) groups excluding carboxylic acids is 2. The normalized spacial score (nSPS) is 20.7. The van der Waals surface area contributed by atoms with Crippen LogP contribution in [0.4, 0.5) is 0 Å². The molecule has 122 valence electrons. The van der Waals surface area contributed by atoms with Crippen LogP contribution < -0.4 is 10.6 Å². The number of rotatable bonds is 3. The molecule has 6 nitrogen and oxygen atoms in total. The van der Waals surface area contributed by atoms with Crippen molar-refractivity contribution in [3.8, 4) is 0 Å². The van der Waals surface area contributed by atoms with Gasteiger partial charge < -0.3 is 20.4 Å². The molecule has 0 aliphatic carbocycles. The zero-order valence-electron chi connectivity index (χ0n) is 13.5. The highest BCUT2D eigenvalue weighted by molar-refractivity contribution is 5.99. The average Bonchev–Trinajstić information content (AvgIpc) is 3.12. The Kier molecular flexibility index (Phi) is 4.09. The first-order chi connectivity index (χ1) is 11.0. The van der Waals surface area contributed by atoms with Crippen LogP contribution in [0.5, 0.6) is 0 Å². The molecule has 1 saturated heterocycles. The molecule has 3 rings (SSSR count). The lowest BCUT2D eigenvalue weighted by molar-refractivity contribution is -0.142. The summed E-state index contributed by atoms with van der Waals surface area (Å²) in [4.78, 5) is 27.2. The van der Waals surface area contributed by atoms with Crippen molar-refractivity contribution in [2.45, 2.75) is 32.4 Å². The molecule has 0 radical (unpaired) electrons. The Hall–Kier alpha value is -2.34. The number of aryl methyl sites for hydroxylation is 2. The number of hydrogen-bond donors (Lipinski definition) is 3. The minimum atomic E-state index is -0.345. The van der Waals surface area contributed by atoms with E-state index < -0.39 is 0 Å². The molecule has 1 aliphatic rings. The molecule has 2 aromatic rings. The van der Waals surface area contributed by atoms with E-state index >= 15 is 0 Å². The van der Waals surface area contributed by atoms with Crippen molar-refractivity contribution in [1.29, 1.82) is 0 Å². The van der Waals surface area contributed by atoms with Crippen LogP contribution in [0.3, 0.4) is 0 Å². The van der Waals surface area contributed by atoms with E-state index in [1.165, 1.54) is 7.11 Å². The summed E-state index contributed by atoms with van der Waals surface area (Å²) in [6.45, 7) is 4.62. The van der Waals surface area contributed by atoms with Crippen molar-refractivity contribution in [2.75, 3.05) is 13.7 Å². The van der Waals surface area contributed by atoms with E-state index in [0.29, 0.717) is 18.5 Å². The highest BCUT2D eigenvalue weighted by atomic mass is 16.5. The maximum Gasteiger partial charge on any atom is 0.322 e. The third-order valence-electron chi connectivity index (χ3n) is 4.52. The molecule has 2 atom stereocenters. The zero-order chi connectivity index (χ0) is 16.6. The summed E-state index contributed by atoms with van der Waals surface area (Å²) in [6.07, 6.45) is 0.545. The van der Waals surface area contributed by atoms with Crippen LogP contribution in [0.15, 0.2) is 18.2 Å². The van der Waals surface area contributed by atoms with E-state index in [-0.39, 0.29) is 24.0 Å². The Balaban J connectivity index is 1.71. The number of hydrogen-bond acceptors (Lipinski definition) is 4. The van der Waals surface area contributed by atoms with Gasteiger partial charge in [0.05, 0.1) is 7.11 Å². The maximum absolute atomic E-state index is 12.4. The van der Waals surface area contributed by atoms with Gasteiger partial charge in [0.15, 0.2) is 0 Å². The van der Waals surface area contributed by atoms with Gasteiger partial charge in [-0.15, -0.1) is 0 Å². The Morgan fingerprint density at radius 1 is 1.30 bits per heavy atom. The third kappa shape index (κ3) is 2.94. The van der Waals surface area contributed by atoms with Crippen LogP contribution in [0.25, 0.3) is 10.9 Å². The predicted octanol–water partition coefficient (Wildman–Crippen LogP) is 1.42. The van der Waals surface area contributed by atoms with Crippen molar-refractivity contribution in [2.24, 2.45) is 0 Å². The number of aromatic nitrogens is 1. The number of amides is 1. The molecular weight excluding hydrogens is 294 g/mol. The van der Waals surface area contributed by atoms with Crippen LogP contribution in [-0.2, 0) is 9.53 Å². The molecule has 0 unspecified atom stereocenters. The molecule has 1 aliphatic heterocycles. The number of carbonyl (C=O) groups is 2. The first-order valence-corrected chi connectivity index (χ1v) is 7.70. The molecule has 2 heterocycles. The molecule has 0 bridgehead atoms. The quantitative estimate of drug-likeness (QED) is 0.748. The second-order valence-electron chi connectivity index (χ2n) is 6.03. The largest absolute Gasteiger partial charge is 0.468 e. The molecule has 0 saturated carbocycles. The van der Waals surface area contributed by atoms with Gasteiger partial charge in [0.1, 0.15) is 6.04 Å². The number of fused-ring (bicyclic) bond motifs is 1. The average molecular weight is 315 g/mol. The monoisotopic (exact) mass is 315 g/mol. The fourth-order valence-electron chi connectivity index (χ4n) is 3.04. The van der Waals surface area contributed by atoms with Gasteiger partial charge in [0.25, 0.3) is 5.91 Å². The van der Waals surface area contributed by atoms with Gasteiger partial charge in [-0.2, -0.15) is 0 Å². The fraction of sp³-hybridized carbons (Fsp3) is 0.412. The highest BCUT2D eigenvalue weighted by Crippen LogP contribution is 2.22. The van der Waals surface area contributed by atoms with Gasteiger partial charge in [0.2, 0.25) is 0 Å². The smallest absolute Gasteiger partial charge is 0.322 e. The van der Waals surface area contributed by atoms with Crippen molar-refractivity contribution in [3.05, 3.63) is 35.0 Å². The van der Waals surface area contributed by atoms with Gasteiger partial charge in [-0.05, 0) is 44.0 Å². The number of aromatic amines is 1. The minimum Gasteiger partial charge on any atom is -0.468 e. The first-order valence-electron chi connectivity index (χ1n) is 7.70. The lowest BCUT2D eigenvalue weighted by Crippen LogP contribution is -2.36. The van der Waals surface area contributed by atoms with Crippen molar-refractivity contribution < 1.29 is 14.3 Å². The molecule has 6 heteroatoms. The number of ether oxygens (including phenoxy) is 1. The van der Waals surface area contributed by atoms with Crippen LogP contribution in [-0.4, -0.2) is 42.6 Å². The molecule has 3 N–H and O–H groups in total. The third-order valence-corrected chi connectivity index (χ3v) is 4.52. The molecule has 1 amide bonds. The maximum atomic E-state index is 12.4. The van der Waals surface area contributed by atoms with Crippen LogP contribution >= 0.6 is 0 Å². The number of H-pyrrole nitrogens is 1. The summed E-state index contributed by atoms with van der Waals surface area (Å²) >= 11 is 0. The Morgan fingerprint density at radius 2 is 2.09 bits per heavy atom. The standard InChI is InChI=1S/C17H21N3O3/c1-9-10(2)19-14-5-4-11(6-13(9)14)16(21)20-12-7-15(18-8-12)17(22)23-3/h4-6,12,15,18-19H,7-8H2,1-3H3,(H,20,21)/t12-,15+/m0/s1. The van der Waals surface area contributed by atoms with Crippen LogP contribution in [0.1, 0.15) is 28.0 Å². The molecule has 1 fully saturated rings. The van der Waals surface area contributed by atoms with Crippen molar-refractivity contribution >= 4 is 22.8 Å². The number of methoxy groups -OCH3 is 1. The van der Waals surface area contributed by atoms with E-state index in [9.17, 15) is 9.59 Å². The Bertz CT molecular complexity index is 766. The van der Waals surface area contributed by atoms with Gasteiger partial charge in [-0.3, -0.25) is 9.59 Å². The Labute approximate surface area is 134 Å². The van der Waals surface area contributed by atoms with Crippen LogP contribution in [0.2, 0.25) is 0 Å². The van der Waals surface area contributed by atoms with Crippen LogP contribution in [0, 0.1) is 13.8 Å². The van der Waals surface area contributed by atoms with Crippen molar-refractivity contribution in [1.82, 2.24) is 15.6 Å². The lowest BCUT2D eigenvalue weighted by Gasteiger charge is -2.12. The fourth-order valence-corrected chi connectivity index (χ4v) is 3.04. The molecule has 1 aromatic carbocycles. The molecular formula is C17H21N3O3. The number of benzene rings is 1. The summed E-state index contributed by atoms with van der Waals surface area (Å²) in [6, 6.07) is 5.23. The summed E-state index contributed by atoms with van der Waals surface area (Å²) < 4.78 is 4.72. The van der Waals surface area contributed by atoms with E-state index in [0.717, 1.165) is 22.2 Å². The van der Waals surface area contributed by atoms with E-state index in [2.05, 4.69) is 15.6 Å².